The second-order valence-corrected chi connectivity index (χ2v) is 8.21. The summed E-state index contributed by atoms with van der Waals surface area (Å²) in [5, 5.41) is 2.93. The molecule has 0 aliphatic heterocycles. The number of nitrogens with one attached hydrogen (secondary N) is 1. The van der Waals surface area contributed by atoms with Gasteiger partial charge in [-0.1, -0.05) is 11.6 Å². The fourth-order valence-electron chi connectivity index (χ4n) is 3.17. The molecule has 6 nitrogen and oxygen atoms in total. The van der Waals surface area contributed by atoms with Crippen LogP contribution >= 0.6 is 11.6 Å². The van der Waals surface area contributed by atoms with E-state index in [4.69, 9.17) is 16.3 Å². The number of Topliss-reactive ketones (excluding diaryl/α,β-unsaturated/α-hetero) is 1. The van der Waals surface area contributed by atoms with Crippen molar-refractivity contribution in [1.29, 1.82) is 0 Å². The van der Waals surface area contributed by atoms with Crippen molar-refractivity contribution in [2.75, 3.05) is 6.61 Å². The smallest absolute Gasteiger partial charge is 0.272 e. The minimum absolute atomic E-state index is 0.0791. The highest BCUT2D eigenvalue weighted by Gasteiger charge is 2.24. The van der Waals surface area contributed by atoms with Crippen LogP contribution in [0.25, 0.3) is 0 Å². The van der Waals surface area contributed by atoms with E-state index in [1.54, 1.807) is 26.0 Å². The Hall–Kier alpha value is -2.61. The molecule has 31 heavy (non-hydrogen) atoms. The average molecular weight is 452 g/mol. The summed E-state index contributed by atoms with van der Waals surface area (Å²) in [6.45, 7) is 2.72. The first-order chi connectivity index (χ1) is 14.7. The maximum atomic E-state index is 12.8. The second-order valence-electron chi connectivity index (χ2n) is 7.80. The lowest BCUT2D eigenvalue weighted by molar-refractivity contribution is -0.118. The summed E-state index contributed by atoms with van der Waals surface area (Å²) < 4.78 is 29.4. The molecule has 166 valence electrons. The number of ketones is 1. The van der Waals surface area contributed by atoms with E-state index in [0.717, 1.165) is 12.8 Å². The molecule has 0 bridgehead atoms. The van der Waals surface area contributed by atoms with Gasteiger partial charge < -0.3 is 10.1 Å². The van der Waals surface area contributed by atoms with Gasteiger partial charge in [-0.25, -0.2) is 13.8 Å². The fraction of sp³-hybridized carbons (Fsp3) is 0.455. The predicted octanol–water partition coefficient (Wildman–Crippen LogP) is 4.49. The van der Waals surface area contributed by atoms with Gasteiger partial charge in [-0.05, 0) is 56.4 Å². The summed E-state index contributed by atoms with van der Waals surface area (Å²) in [7, 11) is 0. The Morgan fingerprint density at radius 1 is 1.29 bits per heavy atom. The number of rotatable bonds is 10. The summed E-state index contributed by atoms with van der Waals surface area (Å²) in [4.78, 5) is 33.2. The summed E-state index contributed by atoms with van der Waals surface area (Å²) in [6, 6.07) is 4.35. The maximum absolute atomic E-state index is 12.8. The zero-order chi connectivity index (χ0) is 22.5. The van der Waals surface area contributed by atoms with Crippen LogP contribution in [0.15, 0.2) is 24.4 Å². The van der Waals surface area contributed by atoms with Crippen LogP contribution in [0.2, 0.25) is 5.02 Å². The molecule has 1 aliphatic rings. The van der Waals surface area contributed by atoms with Crippen LogP contribution in [0.1, 0.15) is 59.5 Å². The molecular weight excluding hydrogens is 428 g/mol. The van der Waals surface area contributed by atoms with E-state index in [0.29, 0.717) is 34.9 Å². The van der Waals surface area contributed by atoms with Gasteiger partial charge in [0, 0.05) is 36.0 Å². The number of carbonyl (C=O) groups excluding carboxylic acids is 2. The van der Waals surface area contributed by atoms with Crippen LogP contribution in [0, 0.1) is 12.8 Å². The van der Waals surface area contributed by atoms with Gasteiger partial charge in [-0.3, -0.25) is 14.6 Å². The minimum Gasteiger partial charge on any atom is -0.471 e. The van der Waals surface area contributed by atoms with Crippen molar-refractivity contribution in [3.63, 3.8) is 0 Å². The molecule has 2 aromatic rings. The van der Waals surface area contributed by atoms with Crippen molar-refractivity contribution in [2.45, 2.75) is 52.0 Å². The van der Waals surface area contributed by atoms with Gasteiger partial charge >= 0.3 is 0 Å². The first-order valence-electron chi connectivity index (χ1n) is 10.1. The highest BCUT2D eigenvalue weighted by atomic mass is 35.5. The number of alkyl halides is 2. The Balaban J connectivity index is 1.64. The van der Waals surface area contributed by atoms with Gasteiger partial charge in [0.1, 0.15) is 10.8 Å². The van der Waals surface area contributed by atoms with Gasteiger partial charge in [0.2, 0.25) is 5.88 Å². The number of ether oxygens (including phenoxy) is 1. The van der Waals surface area contributed by atoms with E-state index in [9.17, 15) is 18.4 Å². The molecule has 1 N–H and O–H groups in total. The third-order valence-electron chi connectivity index (χ3n) is 4.88. The lowest BCUT2D eigenvalue weighted by Gasteiger charge is -2.16. The Morgan fingerprint density at radius 3 is 2.68 bits per heavy atom. The lowest BCUT2D eigenvalue weighted by Crippen LogP contribution is -2.27. The molecule has 0 radical (unpaired) electrons. The third-order valence-corrected chi connectivity index (χ3v) is 5.15. The number of nitrogens with zero attached hydrogens (tertiary/aromatic N) is 2. The van der Waals surface area contributed by atoms with Gasteiger partial charge in [-0.15, -0.1) is 0 Å². The maximum Gasteiger partial charge on any atom is 0.272 e. The molecule has 1 aliphatic carbocycles. The Labute approximate surface area is 184 Å². The number of pyridine rings is 2. The van der Waals surface area contributed by atoms with Gasteiger partial charge in [-0.2, -0.15) is 0 Å². The van der Waals surface area contributed by atoms with Crippen molar-refractivity contribution in [1.82, 2.24) is 15.3 Å². The van der Waals surface area contributed by atoms with Crippen molar-refractivity contribution < 1.29 is 23.1 Å². The van der Waals surface area contributed by atoms with Crippen LogP contribution in [-0.2, 0) is 11.2 Å². The van der Waals surface area contributed by atoms with E-state index < -0.39 is 19.1 Å². The zero-order valence-electron chi connectivity index (χ0n) is 17.3. The van der Waals surface area contributed by atoms with Gasteiger partial charge in [0.05, 0.1) is 6.04 Å². The second kappa shape index (κ2) is 10.1. The summed E-state index contributed by atoms with van der Waals surface area (Å²) >= 11 is 6.06. The molecule has 1 unspecified atom stereocenters. The standard InChI is InChI=1S/C22H24ClF2N3O3/c1-12-5-15(7-17(27-12)9-18(29)6-14-3-4-14)21(30)28-13(2)16-8-19(23)22(26-10-16)31-11-20(24)25/h5,7-8,10,13-14,20H,3-4,6,9,11H2,1-2H3,(H,28,30). The van der Waals surface area contributed by atoms with Crippen molar-refractivity contribution in [3.8, 4) is 5.88 Å². The summed E-state index contributed by atoms with van der Waals surface area (Å²) in [6.07, 6.45) is 1.78. The molecule has 9 heteroatoms. The van der Waals surface area contributed by atoms with Crippen molar-refractivity contribution in [3.05, 3.63) is 51.9 Å². The monoisotopic (exact) mass is 451 g/mol. The molecule has 1 amide bonds. The molecule has 0 aromatic carbocycles. The molecule has 2 aromatic heterocycles. The molecule has 1 fully saturated rings. The first kappa shape index (κ1) is 23.1. The Morgan fingerprint density at radius 2 is 2.03 bits per heavy atom. The number of hydrogen-bond donors (Lipinski definition) is 1. The van der Waals surface area contributed by atoms with E-state index >= 15 is 0 Å². The van der Waals surface area contributed by atoms with E-state index in [1.165, 1.54) is 12.3 Å². The van der Waals surface area contributed by atoms with E-state index in [2.05, 4.69) is 15.3 Å². The van der Waals surface area contributed by atoms with Crippen molar-refractivity contribution in [2.24, 2.45) is 5.92 Å². The van der Waals surface area contributed by atoms with Crippen LogP contribution < -0.4 is 10.1 Å². The highest BCUT2D eigenvalue weighted by Crippen LogP contribution is 2.32. The van der Waals surface area contributed by atoms with Gasteiger partial charge in [0.25, 0.3) is 12.3 Å². The number of halogens is 3. The van der Waals surface area contributed by atoms with Crippen LogP contribution in [-0.4, -0.2) is 34.7 Å². The number of aryl methyl sites for hydroxylation is 1. The zero-order valence-corrected chi connectivity index (χ0v) is 18.1. The number of amides is 1. The predicted molar refractivity (Wildman–Crippen MR) is 112 cm³/mol. The summed E-state index contributed by atoms with van der Waals surface area (Å²) in [5.41, 5.74) is 2.23. The van der Waals surface area contributed by atoms with E-state index in [-0.39, 0.29) is 29.0 Å². The molecule has 0 saturated heterocycles. The SMILES string of the molecule is Cc1cc(C(=O)NC(C)c2cnc(OCC(F)F)c(Cl)c2)cc(CC(=O)CC2CC2)n1. The van der Waals surface area contributed by atoms with Crippen LogP contribution in [0.4, 0.5) is 8.78 Å². The molecule has 3 rings (SSSR count). The molecular formula is C22H24ClF2N3O3. The van der Waals surface area contributed by atoms with Crippen molar-refractivity contribution >= 4 is 23.3 Å². The van der Waals surface area contributed by atoms with Gasteiger partial charge in [0.15, 0.2) is 6.61 Å². The topological polar surface area (TPSA) is 81.2 Å². The molecule has 2 heterocycles. The average Bonchev–Trinajstić information content (AvgIpc) is 3.50. The lowest BCUT2D eigenvalue weighted by atomic mass is 10.1. The third kappa shape index (κ3) is 6.95. The number of aromatic nitrogens is 2. The first-order valence-corrected chi connectivity index (χ1v) is 10.5. The quantitative estimate of drug-likeness (QED) is 0.575. The van der Waals surface area contributed by atoms with Crippen LogP contribution in [0.3, 0.4) is 0 Å². The highest BCUT2D eigenvalue weighted by molar-refractivity contribution is 6.31. The molecule has 1 saturated carbocycles. The number of carbonyl (C=O) groups is 2. The molecule has 1 atom stereocenters. The molecule has 0 spiro atoms. The van der Waals surface area contributed by atoms with Crippen LogP contribution in [0.5, 0.6) is 5.88 Å². The summed E-state index contributed by atoms with van der Waals surface area (Å²) in [5.74, 6) is 0.223. The minimum atomic E-state index is -2.63. The number of hydrogen-bond acceptors (Lipinski definition) is 5. The fourth-order valence-corrected chi connectivity index (χ4v) is 3.39. The normalized spacial score (nSPS) is 14.4. The Kier molecular flexibility index (Phi) is 7.54. The van der Waals surface area contributed by atoms with E-state index in [1.807, 2.05) is 0 Å². The Bertz CT molecular complexity index is 967. The largest absolute Gasteiger partial charge is 0.471 e.